The zero-order valence-corrected chi connectivity index (χ0v) is 14.3. The van der Waals surface area contributed by atoms with Crippen LogP contribution in [0.2, 0.25) is 0 Å². The lowest BCUT2D eigenvalue weighted by Crippen LogP contribution is -2.53. The summed E-state index contributed by atoms with van der Waals surface area (Å²) in [7, 11) is 2.35. The normalized spacial score (nSPS) is 26.5. The van der Waals surface area contributed by atoms with Gasteiger partial charge in [0.1, 0.15) is 6.54 Å². The van der Waals surface area contributed by atoms with Gasteiger partial charge in [0.15, 0.2) is 0 Å². The van der Waals surface area contributed by atoms with Crippen molar-refractivity contribution in [3.8, 4) is 0 Å². The van der Waals surface area contributed by atoms with Crippen LogP contribution in [0.3, 0.4) is 0 Å². The summed E-state index contributed by atoms with van der Waals surface area (Å²) < 4.78 is 1.08. The maximum Gasteiger partial charge on any atom is 0.254 e. The molecule has 2 aliphatic heterocycles. The number of likely N-dealkylation sites (tertiary alicyclic amines) is 1. The van der Waals surface area contributed by atoms with E-state index in [-0.39, 0.29) is 5.91 Å². The minimum absolute atomic E-state index is 0.231. The van der Waals surface area contributed by atoms with Crippen molar-refractivity contribution < 1.29 is 9.28 Å². The molecule has 0 saturated carbocycles. The molecule has 2 aromatic rings. The van der Waals surface area contributed by atoms with E-state index in [0.717, 1.165) is 49.1 Å². The van der Waals surface area contributed by atoms with Gasteiger partial charge in [-0.15, -0.1) is 0 Å². The quantitative estimate of drug-likeness (QED) is 0.793. The number of fused-ring (bicyclic) bond motifs is 1. The molecule has 0 aromatic heterocycles. The molecule has 2 heterocycles. The molecule has 0 N–H and O–H groups in total. The van der Waals surface area contributed by atoms with Gasteiger partial charge in [-0.25, -0.2) is 0 Å². The number of carbonyl (C=O) groups excluding carboxylic acids is 1. The first-order chi connectivity index (χ1) is 11.6. The van der Waals surface area contributed by atoms with Gasteiger partial charge in [-0.1, -0.05) is 48.5 Å². The Bertz CT molecular complexity index is 733. The summed E-state index contributed by atoms with van der Waals surface area (Å²) in [5, 5.41) is 0. The first kappa shape index (κ1) is 15.4. The Balaban J connectivity index is 1.41. The monoisotopic (exact) mass is 321 g/mol. The van der Waals surface area contributed by atoms with E-state index in [1.165, 1.54) is 11.1 Å². The smallest absolute Gasteiger partial charge is 0.254 e. The maximum absolute atomic E-state index is 12.7. The Hall–Kier alpha value is -2.13. The van der Waals surface area contributed by atoms with Crippen LogP contribution in [0.1, 0.15) is 34.3 Å². The second kappa shape index (κ2) is 6.06. The first-order valence-electron chi connectivity index (χ1n) is 8.91. The number of quaternary nitrogens is 1. The summed E-state index contributed by atoms with van der Waals surface area (Å²) in [6, 6.07) is 19.2. The molecule has 0 aliphatic carbocycles. The minimum Gasteiger partial charge on any atom is -0.331 e. The summed E-state index contributed by atoms with van der Waals surface area (Å²) >= 11 is 0. The summed E-state index contributed by atoms with van der Waals surface area (Å²) in [6.07, 6.45) is 2.20. The predicted molar refractivity (Wildman–Crippen MR) is 95.4 cm³/mol. The molecular weight excluding hydrogens is 296 g/mol. The highest BCUT2D eigenvalue weighted by Crippen LogP contribution is 2.30. The van der Waals surface area contributed by atoms with Gasteiger partial charge in [0.05, 0.1) is 20.1 Å². The van der Waals surface area contributed by atoms with Crippen LogP contribution >= 0.6 is 0 Å². The van der Waals surface area contributed by atoms with Gasteiger partial charge in [-0.2, -0.15) is 0 Å². The van der Waals surface area contributed by atoms with E-state index in [0.29, 0.717) is 6.04 Å². The molecule has 3 nitrogen and oxygen atoms in total. The molecular formula is C21H25N2O+. The molecule has 24 heavy (non-hydrogen) atoms. The molecule has 0 spiro atoms. The Morgan fingerprint density at radius 1 is 1.00 bits per heavy atom. The van der Waals surface area contributed by atoms with Crippen molar-refractivity contribution in [3.05, 3.63) is 71.3 Å². The number of carbonyl (C=O) groups is 1. The van der Waals surface area contributed by atoms with Crippen molar-refractivity contribution in [3.63, 3.8) is 0 Å². The number of amides is 1. The summed E-state index contributed by atoms with van der Waals surface area (Å²) in [4.78, 5) is 14.8. The SMILES string of the molecule is C[N+]1(Cc2ccccc2)CCC(N2Cc3ccccc3C2=O)CC1. The molecule has 4 rings (SSSR count). The number of benzene rings is 2. The summed E-state index contributed by atoms with van der Waals surface area (Å²) in [5.74, 6) is 0.231. The van der Waals surface area contributed by atoms with Crippen LogP contribution in [-0.4, -0.2) is 41.5 Å². The molecule has 1 fully saturated rings. The highest BCUT2D eigenvalue weighted by atomic mass is 16.2. The standard InChI is InChI=1S/C21H25N2O/c1-23(16-17-7-3-2-4-8-17)13-11-19(12-14-23)22-15-18-9-5-6-10-20(18)21(22)24/h2-10,19H,11-16H2,1H3/q+1. The largest absolute Gasteiger partial charge is 0.331 e. The first-order valence-corrected chi connectivity index (χ1v) is 8.91. The van der Waals surface area contributed by atoms with E-state index in [9.17, 15) is 4.79 Å². The van der Waals surface area contributed by atoms with Gasteiger partial charge in [0, 0.05) is 36.6 Å². The fourth-order valence-electron chi connectivity index (χ4n) is 4.24. The van der Waals surface area contributed by atoms with Crippen LogP contribution in [0, 0.1) is 0 Å². The molecule has 0 radical (unpaired) electrons. The third-order valence-corrected chi connectivity index (χ3v) is 5.70. The van der Waals surface area contributed by atoms with Crippen LogP contribution in [0.15, 0.2) is 54.6 Å². The molecule has 1 saturated heterocycles. The molecule has 0 bridgehead atoms. The van der Waals surface area contributed by atoms with Gasteiger partial charge in [0.2, 0.25) is 0 Å². The highest BCUT2D eigenvalue weighted by Gasteiger charge is 2.38. The minimum atomic E-state index is 0.231. The number of piperidine rings is 1. The summed E-state index contributed by atoms with van der Waals surface area (Å²) in [5.41, 5.74) is 3.50. The van der Waals surface area contributed by atoms with Crippen molar-refractivity contribution in [2.45, 2.75) is 32.0 Å². The van der Waals surface area contributed by atoms with Crippen molar-refractivity contribution in [1.82, 2.24) is 4.90 Å². The summed E-state index contributed by atoms with van der Waals surface area (Å²) in [6.45, 7) is 4.16. The van der Waals surface area contributed by atoms with Gasteiger partial charge in [-0.05, 0) is 11.6 Å². The predicted octanol–water partition coefficient (Wildman–Crippen LogP) is 3.45. The molecule has 0 unspecified atom stereocenters. The van der Waals surface area contributed by atoms with E-state index in [1.54, 1.807) is 0 Å². The zero-order chi connectivity index (χ0) is 16.6. The van der Waals surface area contributed by atoms with E-state index in [1.807, 2.05) is 18.2 Å². The van der Waals surface area contributed by atoms with Crippen LogP contribution in [0.5, 0.6) is 0 Å². The number of rotatable bonds is 3. The van der Waals surface area contributed by atoms with Crippen molar-refractivity contribution in [1.29, 1.82) is 0 Å². The van der Waals surface area contributed by atoms with E-state index < -0.39 is 0 Å². The molecule has 124 valence electrons. The van der Waals surface area contributed by atoms with E-state index in [2.05, 4.69) is 48.3 Å². The average molecular weight is 321 g/mol. The fraction of sp³-hybridized carbons (Fsp3) is 0.381. The Morgan fingerprint density at radius 2 is 1.67 bits per heavy atom. The van der Waals surface area contributed by atoms with Crippen LogP contribution in [0.4, 0.5) is 0 Å². The number of hydrogen-bond donors (Lipinski definition) is 0. The Labute approximate surface area is 144 Å². The fourth-order valence-corrected chi connectivity index (χ4v) is 4.24. The third kappa shape index (κ3) is 2.84. The van der Waals surface area contributed by atoms with Gasteiger partial charge < -0.3 is 9.38 Å². The van der Waals surface area contributed by atoms with Crippen LogP contribution in [0.25, 0.3) is 0 Å². The third-order valence-electron chi connectivity index (χ3n) is 5.70. The molecule has 2 aliphatic rings. The Morgan fingerprint density at radius 3 is 2.38 bits per heavy atom. The van der Waals surface area contributed by atoms with E-state index in [4.69, 9.17) is 0 Å². The zero-order valence-electron chi connectivity index (χ0n) is 14.3. The number of hydrogen-bond acceptors (Lipinski definition) is 1. The molecule has 3 heteroatoms. The lowest BCUT2D eigenvalue weighted by Gasteiger charge is -2.43. The van der Waals surface area contributed by atoms with Crippen LogP contribution in [-0.2, 0) is 13.1 Å². The lowest BCUT2D eigenvalue weighted by molar-refractivity contribution is -0.927. The molecule has 1 amide bonds. The van der Waals surface area contributed by atoms with Crippen LogP contribution < -0.4 is 0 Å². The topological polar surface area (TPSA) is 20.3 Å². The number of nitrogens with zero attached hydrogens (tertiary/aromatic N) is 2. The van der Waals surface area contributed by atoms with Crippen molar-refractivity contribution >= 4 is 5.91 Å². The highest BCUT2D eigenvalue weighted by molar-refractivity contribution is 5.98. The van der Waals surface area contributed by atoms with Gasteiger partial charge in [0.25, 0.3) is 5.91 Å². The maximum atomic E-state index is 12.7. The van der Waals surface area contributed by atoms with Crippen molar-refractivity contribution in [2.24, 2.45) is 0 Å². The second-order valence-electron chi connectivity index (χ2n) is 7.53. The Kier molecular flexibility index (Phi) is 3.89. The van der Waals surface area contributed by atoms with E-state index >= 15 is 0 Å². The van der Waals surface area contributed by atoms with Gasteiger partial charge in [-0.3, -0.25) is 4.79 Å². The molecule has 2 aromatic carbocycles. The molecule has 0 atom stereocenters. The van der Waals surface area contributed by atoms with Crippen molar-refractivity contribution in [2.75, 3.05) is 20.1 Å². The second-order valence-corrected chi connectivity index (χ2v) is 7.53. The average Bonchev–Trinajstić information content (AvgIpc) is 2.94. The van der Waals surface area contributed by atoms with Gasteiger partial charge >= 0.3 is 0 Å². The lowest BCUT2D eigenvalue weighted by atomic mass is 10.00.